The Hall–Kier alpha value is -1.51. The first kappa shape index (κ1) is 18.3. The number of piperazine rings is 1. The quantitative estimate of drug-likeness (QED) is 0.758. The van der Waals surface area contributed by atoms with E-state index in [1.165, 1.54) is 0 Å². The number of ether oxygens (including phenoxy) is 1. The standard InChI is InChI=1S/C17H30N6O2/c1-2-12-25-15-4-3-7-22(13-15)17(24)16-14-23(20-19-16)11-10-21-8-5-18-6-9-21/h14-15,18H,2-13H2,1H3/t15-/m0/s1. The molecule has 0 aliphatic carbocycles. The predicted molar refractivity (Wildman–Crippen MR) is 94.5 cm³/mol. The van der Waals surface area contributed by atoms with E-state index >= 15 is 0 Å². The van der Waals surface area contributed by atoms with Gasteiger partial charge < -0.3 is 15.0 Å². The fraction of sp³-hybridized carbons (Fsp3) is 0.824. The third-order valence-corrected chi connectivity index (χ3v) is 4.84. The zero-order chi connectivity index (χ0) is 17.5. The van der Waals surface area contributed by atoms with Crippen LogP contribution in [-0.2, 0) is 11.3 Å². The molecule has 1 aromatic heterocycles. The number of carbonyl (C=O) groups excluding carboxylic acids is 1. The van der Waals surface area contributed by atoms with Gasteiger partial charge in [-0.25, -0.2) is 0 Å². The van der Waals surface area contributed by atoms with Crippen molar-refractivity contribution in [3.05, 3.63) is 11.9 Å². The summed E-state index contributed by atoms with van der Waals surface area (Å²) in [7, 11) is 0. The van der Waals surface area contributed by atoms with Crippen molar-refractivity contribution in [3.63, 3.8) is 0 Å². The molecule has 0 bridgehead atoms. The lowest BCUT2D eigenvalue weighted by molar-refractivity contribution is 0.00192. The summed E-state index contributed by atoms with van der Waals surface area (Å²) < 4.78 is 7.60. The molecule has 0 aromatic carbocycles. The van der Waals surface area contributed by atoms with E-state index in [1.807, 2.05) is 4.90 Å². The molecule has 140 valence electrons. The molecule has 3 rings (SSSR count). The van der Waals surface area contributed by atoms with Gasteiger partial charge in [0.1, 0.15) is 0 Å². The largest absolute Gasteiger partial charge is 0.376 e. The molecule has 1 aromatic rings. The van der Waals surface area contributed by atoms with Crippen LogP contribution in [0.2, 0.25) is 0 Å². The van der Waals surface area contributed by atoms with Crippen molar-refractivity contribution >= 4 is 5.91 Å². The highest BCUT2D eigenvalue weighted by Gasteiger charge is 2.26. The van der Waals surface area contributed by atoms with Crippen LogP contribution in [0.3, 0.4) is 0 Å². The molecule has 2 aliphatic rings. The first-order valence-electron chi connectivity index (χ1n) is 9.50. The molecule has 1 N–H and O–H groups in total. The van der Waals surface area contributed by atoms with E-state index < -0.39 is 0 Å². The second-order valence-electron chi connectivity index (χ2n) is 6.84. The Morgan fingerprint density at radius 1 is 1.32 bits per heavy atom. The molecule has 25 heavy (non-hydrogen) atoms. The van der Waals surface area contributed by atoms with Gasteiger partial charge in [0.15, 0.2) is 5.69 Å². The summed E-state index contributed by atoms with van der Waals surface area (Å²) in [4.78, 5) is 16.9. The molecule has 1 amide bonds. The number of nitrogens with one attached hydrogen (secondary N) is 1. The first-order valence-corrected chi connectivity index (χ1v) is 9.50. The van der Waals surface area contributed by atoms with Gasteiger partial charge in [-0.05, 0) is 19.3 Å². The van der Waals surface area contributed by atoms with E-state index in [1.54, 1.807) is 10.9 Å². The zero-order valence-electron chi connectivity index (χ0n) is 15.2. The molecule has 0 radical (unpaired) electrons. The van der Waals surface area contributed by atoms with E-state index in [0.717, 1.165) is 71.7 Å². The van der Waals surface area contributed by atoms with Crippen molar-refractivity contribution in [2.45, 2.75) is 38.8 Å². The van der Waals surface area contributed by atoms with Gasteiger partial charge in [-0.1, -0.05) is 12.1 Å². The van der Waals surface area contributed by atoms with Crippen LogP contribution in [-0.4, -0.2) is 89.2 Å². The molecule has 2 saturated heterocycles. The number of piperidine rings is 1. The van der Waals surface area contributed by atoms with Gasteiger partial charge in [0.05, 0.1) is 18.8 Å². The van der Waals surface area contributed by atoms with E-state index in [2.05, 4.69) is 27.5 Å². The van der Waals surface area contributed by atoms with E-state index in [4.69, 9.17) is 4.74 Å². The lowest BCUT2D eigenvalue weighted by Gasteiger charge is -2.32. The second kappa shape index (κ2) is 9.26. The Morgan fingerprint density at radius 2 is 2.16 bits per heavy atom. The number of rotatable bonds is 7. The van der Waals surface area contributed by atoms with Crippen molar-refractivity contribution in [1.29, 1.82) is 0 Å². The van der Waals surface area contributed by atoms with Crippen LogP contribution < -0.4 is 5.32 Å². The summed E-state index contributed by atoms with van der Waals surface area (Å²) in [5.41, 5.74) is 0.441. The molecular weight excluding hydrogens is 320 g/mol. The first-order chi connectivity index (χ1) is 12.3. The minimum absolute atomic E-state index is 0.0294. The van der Waals surface area contributed by atoms with Crippen molar-refractivity contribution in [3.8, 4) is 0 Å². The molecule has 8 nitrogen and oxygen atoms in total. The fourth-order valence-electron chi connectivity index (χ4n) is 3.39. The molecule has 8 heteroatoms. The maximum atomic E-state index is 12.7. The highest BCUT2D eigenvalue weighted by Crippen LogP contribution is 2.15. The lowest BCUT2D eigenvalue weighted by Crippen LogP contribution is -2.44. The third-order valence-electron chi connectivity index (χ3n) is 4.84. The smallest absolute Gasteiger partial charge is 0.276 e. The molecule has 2 fully saturated rings. The van der Waals surface area contributed by atoms with Gasteiger partial charge in [-0.3, -0.25) is 14.4 Å². The SMILES string of the molecule is CCCO[C@H]1CCCN(C(=O)c2cn(CCN3CCNCC3)nn2)C1. The summed E-state index contributed by atoms with van der Waals surface area (Å²) in [6, 6.07) is 0. The van der Waals surface area contributed by atoms with Crippen molar-refractivity contribution in [2.75, 3.05) is 52.4 Å². The molecule has 0 saturated carbocycles. The number of hydrogen-bond acceptors (Lipinski definition) is 6. The van der Waals surface area contributed by atoms with E-state index in [-0.39, 0.29) is 12.0 Å². The molecule has 3 heterocycles. The summed E-state index contributed by atoms with van der Waals surface area (Å²) in [5.74, 6) is -0.0294. The number of aromatic nitrogens is 3. The summed E-state index contributed by atoms with van der Waals surface area (Å²) in [5, 5.41) is 11.6. The van der Waals surface area contributed by atoms with E-state index in [0.29, 0.717) is 12.2 Å². The maximum absolute atomic E-state index is 12.7. The number of amides is 1. The monoisotopic (exact) mass is 350 g/mol. The summed E-state index contributed by atoms with van der Waals surface area (Å²) in [6.45, 7) is 10.2. The predicted octanol–water partition coefficient (Wildman–Crippen LogP) is 0.215. The molecular formula is C17H30N6O2. The van der Waals surface area contributed by atoms with Gasteiger partial charge in [0.25, 0.3) is 5.91 Å². The summed E-state index contributed by atoms with van der Waals surface area (Å²) in [6.07, 6.45) is 4.95. The van der Waals surface area contributed by atoms with Gasteiger partial charge in [0.2, 0.25) is 0 Å². The lowest BCUT2D eigenvalue weighted by atomic mass is 10.1. The molecule has 0 spiro atoms. The van der Waals surface area contributed by atoms with Crippen LogP contribution in [0.4, 0.5) is 0 Å². The van der Waals surface area contributed by atoms with Crippen LogP contribution in [0.15, 0.2) is 6.20 Å². The third kappa shape index (κ3) is 5.23. The topological polar surface area (TPSA) is 75.5 Å². The van der Waals surface area contributed by atoms with Crippen molar-refractivity contribution in [2.24, 2.45) is 0 Å². The normalized spacial score (nSPS) is 22.3. The zero-order valence-corrected chi connectivity index (χ0v) is 15.2. The Labute approximate surface area is 149 Å². The highest BCUT2D eigenvalue weighted by molar-refractivity contribution is 5.92. The Kier molecular flexibility index (Phi) is 6.77. The molecule has 1 atom stereocenters. The van der Waals surface area contributed by atoms with Crippen molar-refractivity contribution < 1.29 is 9.53 Å². The summed E-state index contributed by atoms with van der Waals surface area (Å²) >= 11 is 0. The fourth-order valence-corrected chi connectivity index (χ4v) is 3.39. The van der Waals surface area contributed by atoms with Crippen LogP contribution in [0.5, 0.6) is 0 Å². The van der Waals surface area contributed by atoms with Crippen LogP contribution in [0.25, 0.3) is 0 Å². The minimum atomic E-state index is -0.0294. The highest BCUT2D eigenvalue weighted by atomic mass is 16.5. The number of likely N-dealkylation sites (tertiary alicyclic amines) is 1. The van der Waals surface area contributed by atoms with Crippen LogP contribution in [0, 0.1) is 0 Å². The van der Waals surface area contributed by atoms with Gasteiger partial charge >= 0.3 is 0 Å². The van der Waals surface area contributed by atoms with Crippen LogP contribution in [0.1, 0.15) is 36.7 Å². The van der Waals surface area contributed by atoms with E-state index in [9.17, 15) is 4.79 Å². The number of hydrogen-bond donors (Lipinski definition) is 1. The Balaban J connectivity index is 1.49. The number of carbonyl (C=O) groups is 1. The average molecular weight is 350 g/mol. The number of nitrogens with zero attached hydrogens (tertiary/aromatic N) is 5. The molecule has 0 unspecified atom stereocenters. The molecule has 2 aliphatic heterocycles. The van der Waals surface area contributed by atoms with Gasteiger partial charge in [0, 0.05) is 52.4 Å². The minimum Gasteiger partial charge on any atom is -0.376 e. The van der Waals surface area contributed by atoms with Crippen LogP contribution >= 0.6 is 0 Å². The Morgan fingerprint density at radius 3 is 2.96 bits per heavy atom. The van der Waals surface area contributed by atoms with Crippen molar-refractivity contribution in [1.82, 2.24) is 30.1 Å². The Bertz CT molecular complexity index is 543. The van der Waals surface area contributed by atoms with Gasteiger partial charge in [-0.2, -0.15) is 0 Å². The maximum Gasteiger partial charge on any atom is 0.276 e. The van der Waals surface area contributed by atoms with Gasteiger partial charge in [-0.15, -0.1) is 5.10 Å². The second-order valence-corrected chi connectivity index (χ2v) is 6.84. The average Bonchev–Trinajstić information content (AvgIpc) is 3.14.